The van der Waals surface area contributed by atoms with Gasteiger partial charge in [-0.2, -0.15) is 0 Å². The predicted molar refractivity (Wildman–Crippen MR) is 80.9 cm³/mol. The molecular weight excluding hydrogens is 272 g/mol. The van der Waals surface area contributed by atoms with Crippen molar-refractivity contribution in [3.8, 4) is 0 Å². The fourth-order valence-corrected chi connectivity index (χ4v) is 2.96. The Kier molecular flexibility index (Phi) is 6.87. The van der Waals surface area contributed by atoms with Crippen molar-refractivity contribution in [1.82, 2.24) is 0 Å². The van der Waals surface area contributed by atoms with Crippen LogP contribution in [0.2, 0.25) is 0 Å². The molecule has 96 valence electrons. The molecule has 0 aliphatic rings. The number of benzene rings is 1. The molecule has 0 radical (unpaired) electrons. The molecule has 0 aromatic heterocycles. The second-order valence-corrected chi connectivity index (χ2v) is 5.78. The molecule has 0 aliphatic carbocycles. The molecule has 0 nitrogen and oxygen atoms in total. The van der Waals surface area contributed by atoms with E-state index in [-0.39, 0.29) is 0 Å². The van der Waals surface area contributed by atoms with E-state index in [1.165, 1.54) is 36.8 Å². The Morgan fingerprint density at radius 1 is 1.12 bits per heavy atom. The maximum Gasteiger partial charge on any atom is 0.00629 e. The van der Waals surface area contributed by atoms with Gasteiger partial charge in [-0.05, 0) is 37.2 Å². The number of hydrogen-bond acceptors (Lipinski definition) is 0. The van der Waals surface area contributed by atoms with Crippen LogP contribution in [0.5, 0.6) is 0 Å². The quantitative estimate of drug-likeness (QED) is 0.593. The molecule has 17 heavy (non-hydrogen) atoms. The van der Waals surface area contributed by atoms with Gasteiger partial charge >= 0.3 is 0 Å². The van der Waals surface area contributed by atoms with Crippen LogP contribution in [-0.4, -0.2) is 5.33 Å². The Hall–Kier alpha value is -0.300. The summed E-state index contributed by atoms with van der Waals surface area (Å²) >= 11 is 3.68. The predicted octanol–water partition coefficient (Wildman–Crippen LogP) is 5.37. The van der Waals surface area contributed by atoms with E-state index in [4.69, 9.17) is 0 Å². The van der Waals surface area contributed by atoms with Crippen molar-refractivity contribution in [1.29, 1.82) is 0 Å². The van der Waals surface area contributed by atoms with Gasteiger partial charge in [0.15, 0.2) is 0 Å². The van der Waals surface area contributed by atoms with E-state index in [2.05, 4.69) is 61.0 Å². The maximum atomic E-state index is 3.68. The summed E-state index contributed by atoms with van der Waals surface area (Å²) in [6.07, 6.45) is 5.19. The highest BCUT2D eigenvalue weighted by atomic mass is 79.9. The number of aryl methyl sites for hydroxylation is 1. The summed E-state index contributed by atoms with van der Waals surface area (Å²) in [7, 11) is 0. The lowest BCUT2D eigenvalue weighted by Gasteiger charge is -2.20. The first-order valence-corrected chi connectivity index (χ1v) is 7.93. The third-order valence-electron chi connectivity index (χ3n) is 3.65. The molecule has 1 heteroatoms. The lowest BCUT2D eigenvalue weighted by Crippen LogP contribution is -2.12. The van der Waals surface area contributed by atoms with Crippen LogP contribution in [0.25, 0.3) is 0 Å². The summed E-state index contributed by atoms with van der Waals surface area (Å²) in [5, 5.41) is 1.12. The van der Waals surface area contributed by atoms with Gasteiger partial charge in [0.05, 0.1) is 0 Å². The Labute approximate surface area is 115 Å². The van der Waals surface area contributed by atoms with Crippen LogP contribution in [-0.2, 0) is 6.42 Å². The third-order valence-corrected chi connectivity index (χ3v) is 4.56. The normalized spacial score (nSPS) is 13.0. The Bertz CT molecular complexity index is 315. The molecule has 0 saturated heterocycles. The molecule has 0 aliphatic heterocycles. The molecule has 1 atom stereocenters. The first-order valence-electron chi connectivity index (χ1n) is 6.81. The van der Waals surface area contributed by atoms with Gasteiger partial charge in [0.1, 0.15) is 0 Å². The highest BCUT2D eigenvalue weighted by Crippen LogP contribution is 2.24. The first kappa shape index (κ1) is 14.8. The van der Waals surface area contributed by atoms with E-state index in [9.17, 15) is 0 Å². The van der Waals surface area contributed by atoms with E-state index in [1.54, 1.807) is 0 Å². The van der Waals surface area contributed by atoms with E-state index in [0.29, 0.717) is 0 Å². The van der Waals surface area contributed by atoms with Crippen LogP contribution in [0.1, 0.15) is 44.2 Å². The standard InChI is InChI=1S/C16H25Br/c1-4-14(5-2)10-16(12-17)11-15-8-6-7-13(3)9-15/h6-9,14,16H,4-5,10-12H2,1-3H3. The minimum Gasteiger partial charge on any atom is -0.0925 e. The molecule has 0 fully saturated rings. The van der Waals surface area contributed by atoms with Crippen molar-refractivity contribution in [2.45, 2.75) is 46.5 Å². The van der Waals surface area contributed by atoms with Gasteiger partial charge in [0.25, 0.3) is 0 Å². The van der Waals surface area contributed by atoms with Crippen molar-refractivity contribution in [3.63, 3.8) is 0 Å². The lowest BCUT2D eigenvalue weighted by atomic mass is 9.88. The lowest BCUT2D eigenvalue weighted by molar-refractivity contribution is 0.374. The fraction of sp³-hybridized carbons (Fsp3) is 0.625. The smallest absolute Gasteiger partial charge is 0.00629 e. The zero-order valence-corrected chi connectivity index (χ0v) is 13.0. The molecule has 0 amide bonds. The van der Waals surface area contributed by atoms with Gasteiger partial charge in [-0.25, -0.2) is 0 Å². The van der Waals surface area contributed by atoms with Gasteiger partial charge in [0, 0.05) is 5.33 Å². The summed E-state index contributed by atoms with van der Waals surface area (Å²) in [6, 6.07) is 8.93. The molecule has 0 spiro atoms. The van der Waals surface area contributed by atoms with E-state index < -0.39 is 0 Å². The molecule has 0 saturated carbocycles. The van der Waals surface area contributed by atoms with Crippen LogP contribution in [0.15, 0.2) is 24.3 Å². The highest BCUT2D eigenvalue weighted by molar-refractivity contribution is 9.09. The minimum absolute atomic E-state index is 0.779. The van der Waals surface area contributed by atoms with Crippen molar-refractivity contribution in [3.05, 3.63) is 35.4 Å². The van der Waals surface area contributed by atoms with Crippen molar-refractivity contribution in [2.75, 3.05) is 5.33 Å². The fourth-order valence-electron chi connectivity index (χ4n) is 2.47. The molecule has 1 aromatic rings. The second kappa shape index (κ2) is 7.92. The van der Waals surface area contributed by atoms with Crippen molar-refractivity contribution in [2.24, 2.45) is 11.8 Å². The van der Waals surface area contributed by atoms with Crippen molar-refractivity contribution < 1.29 is 0 Å². The average molecular weight is 297 g/mol. The van der Waals surface area contributed by atoms with Gasteiger partial charge in [0.2, 0.25) is 0 Å². The molecule has 0 N–H and O–H groups in total. The topological polar surface area (TPSA) is 0 Å². The Morgan fingerprint density at radius 3 is 2.35 bits per heavy atom. The van der Waals surface area contributed by atoms with Crippen LogP contribution < -0.4 is 0 Å². The number of halogens is 1. The molecule has 0 bridgehead atoms. The van der Waals surface area contributed by atoms with Crippen molar-refractivity contribution >= 4 is 15.9 Å². The monoisotopic (exact) mass is 296 g/mol. The summed E-state index contributed by atoms with van der Waals surface area (Å²) in [6.45, 7) is 6.80. The summed E-state index contributed by atoms with van der Waals surface area (Å²) < 4.78 is 0. The molecular formula is C16H25Br. The second-order valence-electron chi connectivity index (χ2n) is 5.13. The van der Waals surface area contributed by atoms with E-state index >= 15 is 0 Å². The average Bonchev–Trinajstić information content (AvgIpc) is 2.34. The summed E-state index contributed by atoms with van der Waals surface area (Å²) in [5.74, 6) is 1.67. The first-order chi connectivity index (χ1) is 8.19. The SMILES string of the molecule is CCC(CC)CC(CBr)Cc1cccc(C)c1. The minimum atomic E-state index is 0.779. The number of hydrogen-bond donors (Lipinski definition) is 0. The van der Waals surface area contributed by atoms with Crippen LogP contribution >= 0.6 is 15.9 Å². The van der Waals surface area contributed by atoms with E-state index in [1.807, 2.05) is 0 Å². The Balaban J connectivity index is 2.57. The van der Waals surface area contributed by atoms with Gasteiger partial charge < -0.3 is 0 Å². The molecule has 1 aromatic carbocycles. The number of alkyl halides is 1. The van der Waals surface area contributed by atoms with Gasteiger partial charge in [-0.1, -0.05) is 72.4 Å². The van der Waals surface area contributed by atoms with Gasteiger partial charge in [-0.3, -0.25) is 0 Å². The highest BCUT2D eigenvalue weighted by Gasteiger charge is 2.13. The van der Waals surface area contributed by atoms with Crippen LogP contribution in [0, 0.1) is 18.8 Å². The van der Waals surface area contributed by atoms with E-state index in [0.717, 1.165) is 17.2 Å². The molecule has 0 heterocycles. The molecule has 1 rings (SSSR count). The van der Waals surface area contributed by atoms with Gasteiger partial charge in [-0.15, -0.1) is 0 Å². The van der Waals surface area contributed by atoms with Crippen LogP contribution in [0.4, 0.5) is 0 Å². The van der Waals surface area contributed by atoms with Crippen LogP contribution in [0.3, 0.4) is 0 Å². The summed E-state index contributed by atoms with van der Waals surface area (Å²) in [4.78, 5) is 0. The maximum absolute atomic E-state index is 3.68. The number of rotatable bonds is 7. The zero-order valence-electron chi connectivity index (χ0n) is 11.4. The zero-order chi connectivity index (χ0) is 12.7. The largest absolute Gasteiger partial charge is 0.0925 e. The summed E-state index contributed by atoms with van der Waals surface area (Å²) in [5.41, 5.74) is 2.86. The third kappa shape index (κ3) is 5.25. The Morgan fingerprint density at radius 2 is 1.82 bits per heavy atom. The molecule has 1 unspecified atom stereocenters.